The molecule has 0 aromatic heterocycles. The van der Waals surface area contributed by atoms with Crippen LogP contribution < -0.4 is 14.2 Å². The van der Waals surface area contributed by atoms with E-state index >= 15 is 0 Å². The van der Waals surface area contributed by atoms with Gasteiger partial charge in [-0.3, -0.25) is 4.79 Å². The van der Waals surface area contributed by atoms with E-state index in [-0.39, 0.29) is 0 Å². The Labute approximate surface area is 121 Å². The van der Waals surface area contributed by atoms with E-state index in [4.69, 9.17) is 14.2 Å². The van der Waals surface area contributed by atoms with E-state index in [2.05, 4.69) is 13.8 Å². The number of unbranched alkanes of at least 4 members (excludes halogenated alkanes) is 2. The fourth-order valence-electron chi connectivity index (χ4n) is 1.73. The minimum atomic E-state index is 0.531. The average molecular weight is 280 g/mol. The van der Waals surface area contributed by atoms with Gasteiger partial charge in [-0.25, -0.2) is 0 Å². The van der Waals surface area contributed by atoms with Crippen molar-refractivity contribution in [1.29, 1.82) is 0 Å². The summed E-state index contributed by atoms with van der Waals surface area (Å²) in [5, 5.41) is 0. The van der Waals surface area contributed by atoms with Crippen molar-refractivity contribution in [1.82, 2.24) is 0 Å². The van der Waals surface area contributed by atoms with Crippen LogP contribution >= 0.6 is 0 Å². The van der Waals surface area contributed by atoms with Crippen LogP contribution in [0, 0.1) is 0 Å². The summed E-state index contributed by atoms with van der Waals surface area (Å²) in [4.78, 5) is 11.0. The molecule has 20 heavy (non-hydrogen) atoms. The summed E-state index contributed by atoms with van der Waals surface area (Å²) in [6.07, 6.45) is 4.81. The molecule has 0 aliphatic rings. The van der Waals surface area contributed by atoms with Gasteiger partial charge >= 0.3 is 0 Å². The Bertz CT molecular complexity index is 384. The number of carbonyl (C=O) groups excluding carboxylic acids is 1. The Balaban J connectivity index is 2.94. The van der Waals surface area contributed by atoms with E-state index in [1.54, 1.807) is 19.2 Å². The zero-order valence-corrected chi connectivity index (χ0v) is 12.6. The highest BCUT2D eigenvalue weighted by Crippen LogP contribution is 2.38. The Morgan fingerprint density at radius 1 is 1.00 bits per heavy atom. The number of hydrogen-bond acceptors (Lipinski definition) is 4. The number of benzene rings is 1. The molecule has 4 nitrogen and oxygen atoms in total. The van der Waals surface area contributed by atoms with Crippen LogP contribution in [0.15, 0.2) is 12.1 Å². The fourth-order valence-corrected chi connectivity index (χ4v) is 1.73. The van der Waals surface area contributed by atoms with Crippen LogP contribution in [-0.2, 0) is 0 Å². The molecule has 0 aliphatic carbocycles. The molecule has 0 N–H and O–H groups in total. The lowest BCUT2D eigenvalue weighted by atomic mass is 10.2. The van der Waals surface area contributed by atoms with Crippen LogP contribution in [0.4, 0.5) is 0 Å². The van der Waals surface area contributed by atoms with E-state index in [0.29, 0.717) is 36.0 Å². The molecule has 112 valence electrons. The zero-order valence-electron chi connectivity index (χ0n) is 12.6. The number of carbonyl (C=O) groups is 1. The largest absolute Gasteiger partial charge is 0.490 e. The maximum Gasteiger partial charge on any atom is 0.203 e. The molecule has 1 aromatic carbocycles. The van der Waals surface area contributed by atoms with Crippen molar-refractivity contribution < 1.29 is 19.0 Å². The molecule has 0 heterocycles. The molecule has 1 rings (SSSR count). The van der Waals surface area contributed by atoms with Gasteiger partial charge in [0.2, 0.25) is 5.75 Å². The molecule has 0 atom stereocenters. The highest BCUT2D eigenvalue weighted by Gasteiger charge is 2.14. The summed E-state index contributed by atoms with van der Waals surface area (Å²) < 4.78 is 16.8. The van der Waals surface area contributed by atoms with E-state index in [1.807, 2.05) is 0 Å². The van der Waals surface area contributed by atoms with Crippen molar-refractivity contribution >= 4 is 6.29 Å². The fraction of sp³-hybridized carbons (Fsp3) is 0.562. The van der Waals surface area contributed by atoms with E-state index in [9.17, 15) is 4.79 Å². The minimum absolute atomic E-state index is 0.531. The second-order valence-corrected chi connectivity index (χ2v) is 4.57. The third-order valence-electron chi connectivity index (χ3n) is 2.89. The average Bonchev–Trinajstić information content (AvgIpc) is 2.47. The predicted molar refractivity (Wildman–Crippen MR) is 79.2 cm³/mol. The van der Waals surface area contributed by atoms with Crippen molar-refractivity contribution in [3.8, 4) is 17.2 Å². The number of methoxy groups -OCH3 is 1. The van der Waals surface area contributed by atoms with Crippen LogP contribution in [0.1, 0.15) is 49.9 Å². The van der Waals surface area contributed by atoms with Crippen molar-refractivity contribution in [3.05, 3.63) is 17.7 Å². The van der Waals surface area contributed by atoms with Gasteiger partial charge in [0, 0.05) is 5.56 Å². The summed E-state index contributed by atoms with van der Waals surface area (Å²) in [5.74, 6) is 1.69. The quantitative estimate of drug-likeness (QED) is 0.482. The molecule has 0 bridgehead atoms. The molecule has 0 radical (unpaired) electrons. The summed E-state index contributed by atoms with van der Waals surface area (Å²) in [5.41, 5.74) is 0.531. The lowest BCUT2D eigenvalue weighted by Crippen LogP contribution is -2.04. The lowest BCUT2D eigenvalue weighted by Gasteiger charge is -2.15. The first-order chi connectivity index (χ1) is 9.76. The molecule has 0 saturated carbocycles. The van der Waals surface area contributed by atoms with Gasteiger partial charge in [-0.05, 0) is 25.0 Å². The molecule has 0 fully saturated rings. The molecule has 0 spiro atoms. The van der Waals surface area contributed by atoms with E-state index < -0.39 is 0 Å². The smallest absolute Gasteiger partial charge is 0.203 e. The van der Waals surface area contributed by atoms with Crippen LogP contribution in [0.2, 0.25) is 0 Å². The first-order valence-electron chi connectivity index (χ1n) is 7.19. The monoisotopic (exact) mass is 280 g/mol. The standard InChI is InChI=1S/C16H24O4/c1-4-6-8-19-14-10-13(12-17)11-15(16(14)18-3)20-9-7-5-2/h10-12H,4-9H2,1-3H3. The molecular weight excluding hydrogens is 256 g/mol. The Morgan fingerprint density at radius 2 is 1.50 bits per heavy atom. The molecular formula is C16H24O4. The molecule has 1 aromatic rings. The van der Waals surface area contributed by atoms with Crippen molar-refractivity contribution in [2.45, 2.75) is 39.5 Å². The van der Waals surface area contributed by atoms with Gasteiger partial charge in [-0.1, -0.05) is 26.7 Å². The van der Waals surface area contributed by atoms with E-state index in [1.165, 1.54) is 0 Å². The Kier molecular flexibility index (Phi) is 7.55. The first kappa shape index (κ1) is 16.3. The van der Waals surface area contributed by atoms with Crippen LogP contribution in [0.25, 0.3) is 0 Å². The Hall–Kier alpha value is -1.71. The number of hydrogen-bond donors (Lipinski definition) is 0. The highest BCUT2D eigenvalue weighted by atomic mass is 16.5. The summed E-state index contributed by atoms with van der Waals surface area (Å²) in [7, 11) is 1.58. The van der Waals surface area contributed by atoms with Gasteiger partial charge in [-0.15, -0.1) is 0 Å². The minimum Gasteiger partial charge on any atom is -0.490 e. The Morgan fingerprint density at radius 3 is 1.85 bits per heavy atom. The zero-order chi connectivity index (χ0) is 14.8. The summed E-state index contributed by atoms with van der Waals surface area (Å²) in [6.45, 7) is 5.40. The van der Waals surface area contributed by atoms with Gasteiger partial charge in [-0.2, -0.15) is 0 Å². The highest BCUT2D eigenvalue weighted by molar-refractivity contribution is 5.78. The maximum atomic E-state index is 11.0. The van der Waals surface area contributed by atoms with Crippen LogP contribution in [0.5, 0.6) is 17.2 Å². The SMILES string of the molecule is CCCCOc1cc(C=O)cc(OCCCC)c1OC. The molecule has 4 heteroatoms. The molecule has 0 aliphatic heterocycles. The third kappa shape index (κ3) is 4.76. The van der Waals surface area contributed by atoms with Gasteiger partial charge in [0.15, 0.2) is 11.5 Å². The molecule has 0 saturated heterocycles. The van der Waals surface area contributed by atoms with Gasteiger partial charge in [0.25, 0.3) is 0 Å². The second-order valence-electron chi connectivity index (χ2n) is 4.57. The third-order valence-corrected chi connectivity index (χ3v) is 2.89. The number of ether oxygens (including phenoxy) is 3. The summed E-state index contributed by atoms with van der Waals surface area (Å²) >= 11 is 0. The van der Waals surface area contributed by atoms with E-state index in [0.717, 1.165) is 32.0 Å². The normalized spacial score (nSPS) is 10.2. The molecule has 0 amide bonds. The predicted octanol–water partition coefficient (Wildman–Crippen LogP) is 3.87. The van der Waals surface area contributed by atoms with Gasteiger partial charge in [0.1, 0.15) is 6.29 Å². The van der Waals surface area contributed by atoms with Gasteiger partial charge in [0.05, 0.1) is 20.3 Å². The van der Waals surface area contributed by atoms with Crippen LogP contribution in [-0.4, -0.2) is 26.6 Å². The van der Waals surface area contributed by atoms with Crippen molar-refractivity contribution in [3.63, 3.8) is 0 Å². The number of rotatable bonds is 10. The van der Waals surface area contributed by atoms with Gasteiger partial charge < -0.3 is 14.2 Å². The number of aldehydes is 1. The summed E-state index contributed by atoms with van der Waals surface area (Å²) in [6, 6.07) is 3.38. The van der Waals surface area contributed by atoms with Crippen molar-refractivity contribution in [2.75, 3.05) is 20.3 Å². The topological polar surface area (TPSA) is 44.8 Å². The van der Waals surface area contributed by atoms with Crippen LogP contribution in [0.3, 0.4) is 0 Å². The lowest BCUT2D eigenvalue weighted by molar-refractivity contribution is 0.112. The maximum absolute atomic E-state index is 11.0. The molecule has 0 unspecified atom stereocenters. The second kappa shape index (κ2) is 9.23. The van der Waals surface area contributed by atoms with Crippen molar-refractivity contribution in [2.24, 2.45) is 0 Å². The first-order valence-corrected chi connectivity index (χ1v) is 7.19.